The van der Waals surface area contributed by atoms with Crippen LogP contribution in [0, 0.1) is 11.8 Å². The molecule has 0 saturated carbocycles. The first-order chi connectivity index (χ1) is 21.2. The van der Waals surface area contributed by atoms with Gasteiger partial charge in [0.05, 0.1) is 6.42 Å². The van der Waals surface area contributed by atoms with E-state index in [-0.39, 0.29) is 37.0 Å². The molecule has 1 aliphatic heterocycles. The largest absolute Gasteiger partial charge is 0.460 e. The second kappa shape index (κ2) is 15.5. The number of hydrogen-bond donors (Lipinski definition) is 4. The standard InChI is InChI=1S/C35H46N4O5/c1-5-7-13-23(4)30-20-31(40)37-29(19-25-21-36-27-17-12-11-16-26(25)27)33(41)38-28(18-24-14-9-8-10-15-24)34(42)39-32(22(3)6-2)35(43)44-30/h8-12,14-17,21-23,28-30,32,36H,5-7,13,18-20H2,1-4H3,(H,37,40)(H,38,41)(H,39,42)/t22-,23?,28-,29-,30?,32?/m0/s1. The van der Waals surface area contributed by atoms with E-state index in [0.29, 0.717) is 6.42 Å². The Morgan fingerprint density at radius 2 is 1.50 bits per heavy atom. The Hall–Kier alpha value is -4.14. The maximum absolute atomic E-state index is 13.9. The summed E-state index contributed by atoms with van der Waals surface area (Å²) in [6.07, 6.45) is 4.79. The Labute approximate surface area is 259 Å². The molecule has 3 amide bonds. The number of carbonyl (C=O) groups is 4. The van der Waals surface area contributed by atoms with Crippen molar-refractivity contribution in [3.8, 4) is 0 Å². The number of amides is 3. The summed E-state index contributed by atoms with van der Waals surface area (Å²) < 4.78 is 6.03. The highest BCUT2D eigenvalue weighted by Crippen LogP contribution is 2.23. The number of unbranched alkanes of at least 4 members (excludes halogenated alkanes) is 1. The number of H-pyrrole nitrogens is 1. The second-order valence-electron chi connectivity index (χ2n) is 12.1. The van der Waals surface area contributed by atoms with Gasteiger partial charge in [-0.1, -0.05) is 95.5 Å². The monoisotopic (exact) mass is 602 g/mol. The lowest BCUT2D eigenvalue weighted by atomic mass is 9.94. The quantitative estimate of drug-likeness (QED) is 0.252. The SMILES string of the molecule is CCCCC(C)C1CC(=O)N[C@@H](Cc2c[nH]c3ccccc23)C(=O)N[C@@H](Cc2ccccc2)C(=O)NC([C@@H](C)CC)C(=O)O1. The first-order valence-corrected chi connectivity index (χ1v) is 15.9. The Bertz CT molecular complexity index is 1420. The van der Waals surface area contributed by atoms with Crippen LogP contribution in [0.5, 0.6) is 0 Å². The highest BCUT2D eigenvalue weighted by molar-refractivity contribution is 5.95. The molecule has 9 heteroatoms. The van der Waals surface area contributed by atoms with Crippen LogP contribution >= 0.6 is 0 Å². The molecule has 0 bridgehead atoms. The summed E-state index contributed by atoms with van der Waals surface area (Å²) >= 11 is 0. The van der Waals surface area contributed by atoms with E-state index in [0.717, 1.165) is 41.3 Å². The molecule has 0 spiro atoms. The fraction of sp³-hybridized carbons (Fsp3) is 0.486. The van der Waals surface area contributed by atoms with E-state index in [9.17, 15) is 19.2 Å². The van der Waals surface area contributed by atoms with E-state index in [1.807, 2.05) is 81.6 Å². The summed E-state index contributed by atoms with van der Waals surface area (Å²) in [5.74, 6) is -2.20. The molecule has 3 aromatic rings. The molecule has 236 valence electrons. The van der Waals surface area contributed by atoms with Crippen molar-refractivity contribution in [1.29, 1.82) is 0 Å². The van der Waals surface area contributed by atoms with Crippen molar-refractivity contribution in [2.24, 2.45) is 11.8 Å². The third-order valence-electron chi connectivity index (χ3n) is 8.73. The number of esters is 1. The van der Waals surface area contributed by atoms with E-state index in [2.05, 4.69) is 27.9 Å². The van der Waals surface area contributed by atoms with E-state index in [1.165, 1.54) is 0 Å². The van der Waals surface area contributed by atoms with E-state index in [1.54, 1.807) is 0 Å². The number of carbonyl (C=O) groups excluding carboxylic acids is 4. The number of ether oxygens (including phenoxy) is 1. The summed E-state index contributed by atoms with van der Waals surface area (Å²) in [7, 11) is 0. The number of hydrogen-bond acceptors (Lipinski definition) is 5. The van der Waals surface area contributed by atoms with Crippen LogP contribution in [0.1, 0.15) is 70.9 Å². The third-order valence-corrected chi connectivity index (χ3v) is 8.73. The maximum Gasteiger partial charge on any atom is 0.329 e. The number of rotatable bonds is 10. The van der Waals surface area contributed by atoms with Crippen molar-refractivity contribution in [2.75, 3.05) is 0 Å². The lowest BCUT2D eigenvalue weighted by Gasteiger charge is -2.29. The van der Waals surface area contributed by atoms with E-state index in [4.69, 9.17) is 4.74 Å². The van der Waals surface area contributed by atoms with Crippen molar-refractivity contribution in [3.63, 3.8) is 0 Å². The number of cyclic esters (lactones) is 1. The van der Waals surface area contributed by atoms with Gasteiger partial charge in [-0.3, -0.25) is 14.4 Å². The van der Waals surface area contributed by atoms with Crippen LogP contribution in [0.4, 0.5) is 0 Å². The second-order valence-corrected chi connectivity index (χ2v) is 12.1. The molecule has 3 unspecified atom stereocenters. The van der Waals surface area contributed by atoms with Crippen LogP contribution in [0.2, 0.25) is 0 Å². The van der Waals surface area contributed by atoms with Crippen molar-refractivity contribution < 1.29 is 23.9 Å². The molecule has 2 aromatic carbocycles. The molecule has 44 heavy (non-hydrogen) atoms. The van der Waals surface area contributed by atoms with E-state index >= 15 is 0 Å². The van der Waals surface area contributed by atoms with Crippen molar-refractivity contribution in [2.45, 2.75) is 96.9 Å². The highest BCUT2D eigenvalue weighted by Gasteiger charge is 2.36. The van der Waals surface area contributed by atoms with Crippen LogP contribution < -0.4 is 16.0 Å². The van der Waals surface area contributed by atoms with Gasteiger partial charge in [0.2, 0.25) is 17.7 Å². The number of nitrogens with one attached hydrogen (secondary N) is 4. The number of aromatic nitrogens is 1. The van der Waals surface area contributed by atoms with Gasteiger partial charge < -0.3 is 25.7 Å². The van der Waals surface area contributed by atoms with E-state index < -0.39 is 42.0 Å². The summed E-state index contributed by atoms with van der Waals surface area (Å²) in [5.41, 5.74) is 2.64. The van der Waals surface area contributed by atoms with Crippen LogP contribution in [-0.4, -0.2) is 52.9 Å². The molecule has 1 fully saturated rings. The molecule has 4 N–H and O–H groups in total. The van der Waals surface area contributed by atoms with Gasteiger partial charge in [0.25, 0.3) is 0 Å². The average molecular weight is 603 g/mol. The molecular formula is C35H46N4O5. The average Bonchev–Trinajstić information content (AvgIpc) is 3.43. The Morgan fingerprint density at radius 1 is 0.818 bits per heavy atom. The lowest BCUT2D eigenvalue weighted by molar-refractivity contribution is -0.158. The lowest BCUT2D eigenvalue weighted by Crippen LogP contribution is -2.57. The fourth-order valence-electron chi connectivity index (χ4n) is 5.71. The third kappa shape index (κ3) is 8.49. The number of benzene rings is 2. The first-order valence-electron chi connectivity index (χ1n) is 15.9. The summed E-state index contributed by atoms with van der Waals surface area (Å²) in [6.45, 7) is 7.89. The molecule has 1 aromatic heterocycles. The van der Waals surface area contributed by atoms with Gasteiger partial charge in [-0.05, 0) is 35.4 Å². The number of fused-ring (bicyclic) bond motifs is 1. The zero-order chi connectivity index (χ0) is 31.6. The van der Waals surface area contributed by atoms with Crippen molar-refractivity contribution in [3.05, 3.63) is 71.9 Å². The minimum Gasteiger partial charge on any atom is -0.460 e. The summed E-state index contributed by atoms with van der Waals surface area (Å²) in [5, 5.41) is 9.69. The molecule has 1 aliphatic rings. The molecule has 0 aliphatic carbocycles. The molecule has 0 radical (unpaired) electrons. The van der Waals surface area contributed by atoms with Crippen LogP contribution in [-0.2, 0) is 36.8 Å². The smallest absolute Gasteiger partial charge is 0.329 e. The fourth-order valence-corrected chi connectivity index (χ4v) is 5.71. The molecule has 4 rings (SSSR count). The molecule has 9 nitrogen and oxygen atoms in total. The van der Waals surface area contributed by atoms with Gasteiger partial charge in [-0.25, -0.2) is 4.79 Å². The van der Waals surface area contributed by atoms with Gasteiger partial charge in [-0.15, -0.1) is 0 Å². The highest BCUT2D eigenvalue weighted by atomic mass is 16.5. The number of para-hydroxylation sites is 1. The van der Waals surface area contributed by atoms with Crippen LogP contribution in [0.15, 0.2) is 60.8 Å². The zero-order valence-corrected chi connectivity index (χ0v) is 26.2. The Balaban J connectivity index is 1.71. The minimum absolute atomic E-state index is 0.0805. The molecule has 2 heterocycles. The first kappa shape index (κ1) is 32.8. The summed E-state index contributed by atoms with van der Waals surface area (Å²) in [4.78, 5) is 58.2. The molecule has 1 saturated heterocycles. The van der Waals surface area contributed by atoms with Gasteiger partial charge in [-0.2, -0.15) is 0 Å². The Morgan fingerprint density at radius 3 is 2.23 bits per heavy atom. The Kier molecular flexibility index (Phi) is 11.6. The summed E-state index contributed by atoms with van der Waals surface area (Å²) in [6, 6.07) is 14.3. The van der Waals surface area contributed by atoms with Gasteiger partial charge in [0.1, 0.15) is 24.2 Å². The van der Waals surface area contributed by atoms with Crippen LogP contribution in [0.3, 0.4) is 0 Å². The van der Waals surface area contributed by atoms with Gasteiger partial charge in [0.15, 0.2) is 0 Å². The topological polar surface area (TPSA) is 129 Å². The normalized spacial score (nSPS) is 23.3. The predicted molar refractivity (Wildman–Crippen MR) is 171 cm³/mol. The van der Waals surface area contributed by atoms with Gasteiger partial charge in [0, 0.05) is 29.9 Å². The van der Waals surface area contributed by atoms with Crippen molar-refractivity contribution in [1.82, 2.24) is 20.9 Å². The van der Waals surface area contributed by atoms with Gasteiger partial charge >= 0.3 is 5.97 Å². The molecule has 6 atom stereocenters. The zero-order valence-electron chi connectivity index (χ0n) is 26.2. The molecular weight excluding hydrogens is 556 g/mol. The number of aromatic amines is 1. The minimum atomic E-state index is -0.980. The maximum atomic E-state index is 13.9. The van der Waals surface area contributed by atoms with Crippen LogP contribution in [0.25, 0.3) is 10.9 Å². The van der Waals surface area contributed by atoms with Crippen molar-refractivity contribution >= 4 is 34.6 Å². The predicted octanol–water partition coefficient (Wildman–Crippen LogP) is 4.60.